The van der Waals surface area contributed by atoms with Crippen LogP contribution in [0, 0.1) is 6.92 Å². The number of rotatable bonds is 6. The van der Waals surface area contributed by atoms with E-state index in [0.29, 0.717) is 6.61 Å². The molecule has 0 fully saturated rings. The van der Waals surface area contributed by atoms with Crippen molar-refractivity contribution in [1.82, 2.24) is 0 Å². The second-order valence-corrected chi connectivity index (χ2v) is 5.40. The molecule has 0 saturated heterocycles. The van der Waals surface area contributed by atoms with Crippen molar-refractivity contribution in [3.63, 3.8) is 0 Å². The van der Waals surface area contributed by atoms with E-state index in [1.807, 2.05) is 52.0 Å². The average Bonchev–Trinajstić information content (AvgIpc) is 2.33. The van der Waals surface area contributed by atoms with Gasteiger partial charge in [-0.15, -0.1) is 0 Å². The predicted octanol–water partition coefficient (Wildman–Crippen LogP) is 2.77. The van der Waals surface area contributed by atoms with Crippen LogP contribution in [0.25, 0.3) is 0 Å². The molecule has 0 unspecified atom stereocenters. The summed E-state index contributed by atoms with van der Waals surface area (Å²) >= 11 is 0. The number of carbonyl (C=O) groups is 1. The molecule has 0 aromatic heterocycles. The summed E-state index contributed by atoms with van der Waals surface area (Å²) in [6.45, 7) is 8.78. The Kier molecular flexibility index (Phi) is 5.83. The third kappa shape index (κ3) is 7.47. The van der Waals surface area contributed by atoms with E-state index >= 15 is 0 Å². The molecular weight excluding hydrogens is 242 g/mol. The van der Waals surface area contributed by atoms with Gasteiger partial charge in [0.2, 0.25) is 0 Å². The van der Waals surface area contributed by atoms with Crippen LogP contribution in [0.5, 0.6) is 0 Å². The molecule has 0 spiro atoms. The zero-order valence-electron chi connectivity index (χ0n) is 12.2. The van der Waals surface area contributed by atoms with Gasteiger partial charge in [-0.2, -0.15) is 0 Å². The summed E-state index contributed by atoms with van der Waals surface area (Å²) in [5.74, 6) is -0.280. The SMILES string of the molecule is Cc1ccc(NCC(=O)OCCOC(C)(C)C)cc1. The minimum atomic E-state index is -0.280. The summed E-state index contributed by atoms with van der Waals surface area (Å²) in [5, 5.41) is 3.01. The Bertz CT molecular complexity index is 393. The lowest BCUT2D eigenvalue weighted by molar-refractivity contribution is -0.144. The van der Waals surface area contributed by atoms with Crippen LogP contribution in [-0.4, -0.2) is 31.3 Å². The van der Waals surface area contributed by atoms with Gasteiger partial charge in [0.1, 0.15) is 13.2 Å². The highest BCUT2D eigenvalue weighted by Gasteiger charge is 2.10. The maximum absolute atomic E-state index is 11.5. The number of hydrogen-bond acceptors (Lipinski definition) is 4. The van der Waals surface area contributed by atoms with E-state index in [-0.39, 0.29) is 24.7 Å². The molecule has 1 N–H and O–H groups in total. The smallest absolute Gasteiger partial charge is 0.325 e. The molecule has 0 amide bonds. The number of aryl methyl sites for hydroxylation is 1. The molecule has 4 nitrogen and oxygen atoms in total. The first-order chi connectivity index (χ1) is 8.87. The lowest BCUT2D eigenvalue weighted by Gasteiger charge is -2.19. The molecule has 1 rings (SSSR count). The predicted molar refractivity (Wildman–Crippen MR) is 76.3 cm³/mol. The Hall–Kier alpha value is -1.55. The first-order valence-electron chi connectivity index (χ1n) is 6.47. The summed E-state index contributed by atoms with van der Waals surface area (Å²) in [4.78, 5) is 11.5. The number of ether oxygens (including phenoxy) is 2. The lowest BCUT2D eigenvalue weighted by Crippen LogP contribution is -2.24. The van der Waals surface area contributed by atoms with Gasteiger partial charge in [0.25, 0.3) is 0 Å². The van der Waals surface area contributed by atoms with Gasteiger partial charge in [-0.25, -0.2) is 0 Å². The van der Waals surface area contributed by atoms with Crippen molar-refractivity contribution in [1.29, 1.82) is 0 Å². The van der Waals surface area contributed by atoms with Crippen molar-refractivity contribution in [2.45, 2.75) is 33.3 Å². The normalized spacial score (nSPS) is 11.2. The molecule has 0 aliphatic heterocycles. The Morgan fingerprint density at radius 2 is 1.79 bits per heavy atom. The molecule has 106 valence electrons. The summed E-state index contributed by atoms with van der Waals surface area (Å²) in [6, 6.07) is 7.85. The number of benzene rings is 1. The van der Waals surface area contributed by atoms with Crippen LogP contribution in [0.4, 0.5) is 5.69 Å². The maximum Gasteiger partial charge on any atom is 0.325 e. The third-order valence-electron chi connectivity index (χ3n) is 2.37. The molecule has 0 aliphatic carbocycles. The van der Waals surface area contributed by atoms with Crippen LogP contribution in [-0.2, 0) is 14.3 Å². The molecule has 0 aliphatic rings. The Labute approximate surface area is 115 Å². The van der Waals surface area contributed by atoms with Crippen LogP contribution in [0.1, 0.15) is 26.3 Å². The van der Waals surface area contributed by atoms with E-state index in [0.717, 1.165) is 5.69 Å². The van der Waals surface area contributed by atoms with Crippen molar-refractivity contribution < 1.29 is 14.3 Å². The zero-order chi connectivity index (χ0) is 14.3. The van der Waals surface area contributed by atoms with Crippen LogP contribution in [0.2, 0.25) is 0 Å². The molecular formula is C15H23NO3. The number of anilines is 1. The van der Waals surface area contributed by atoms with Gasteiger partial charge in [0.15, 0.2) is 0 Å². The van der Waals surface area contributed by atoms with Crippen LogP contribution >= 0.6 is 0 Å². The van der Waals surface area contributed by atoms with Crippen molar-refractivity contribution in [2.24, 2.45) is 0 Å². The van der Waals surface area contributed by atoms with E-state index < -0.39 is 0 Å². The fourth-order valence-corrected chi connectivity index (χ4v) is 1.40. The molecule has 0 heterocycles. The second kappa shape index (κ2) is 7.14. The number of nitrogens with one attached hydrogen (secondary N) is 1. The second-order valence-electron chi connectivity index (χ2n) is 5.40. The molecule has 1 aromatic carbocycles. The Morgan fingerprint density at radius 1 is 1.16 bits per heavy atom. The molecule has 0 atom stereocenters. The maximum atomic E-state index is 11.5. The van der Waals surface area contributed by atoms with Gasteiger partial charge in [-0.3, -0.25) is 4.79 Å². The van der Waals surface area contributed by atoms with Crippen LogP contribution in [0.3, 0.4) is 0 Å². The van der Waals surface area contributed by atoms with Crippen LogP contribution < -0.4 is 5.32 Å². The highest BCUT2D eigenvalue weighted by Crippen LogP contribution is 2.08. The third-order valence-corrected chi connectivity index (χ3v) is 2.37. The Morgan fingerprint density at radius 3 is 2.37 bits per heavy atom. The van der Waals surface area contributed by atoms with Gasteiger partial charge < -0.3 is 14.8 Å². The largest absolute Gasteiger partial charge is 0.462 e. The fraction of sp³-hybridized carbons (Fsp3) is 0.533. The van der Waals surface area contributed by atoms with E-state index in [1.165, 1.54) is 5.56 Å². The highest BCUT2D eigenvalue weighted by molar-refractivity contribution is 5.74. The summed E-state index contributed by atoms with van der Waals surface area (Å²) < 4.78 is 10.5. The topological polar surface area (TPSA) is 47.6 Å². The van der Waals surface area contributed by atoms with Crippen molar-refractivity contribution in [3.05, 3.63) is 29.8 Å². The van der Waals surface area contributed by atoms with E-state index in [4.69, 9.17) is 9.47 Å². The first-order valence-corrected chi connectivity index (χ1v) is 6.47. The van der Waals surface area contributed by atoms with Gasteiger partial charge >= 0.3 is 5.97 Å². The fourth-order valence-electron chi connectivity index (χ4n) is 1.40. The number of esters is 1. The number of carbonyl (C=O) groups excluding carboxylic acids is 1. The van der Waals surface area contributed by atoms with Crippen LogP contribution in [0.15, 0.2) is 24.3 Å². The van der Waals surface area contributed by atoms with E-state index in [9.17, 15) is 4.79 Å². The minimum absolute atomic E-state index is 0.165. The Balaban J connectivity index is 2.16. The molecule has 19 heavy (non-hydrogen) atoms. The minimum Gasteiger partial charge on any atom is -0.462 e. The molecule has 0 saturated carbocycles. The summed E-state index contributed by atoms with van der Waals surface area (Å²) in [7, 11) is 0. The average molecular weight is 265 g/mol. The molecule has 4 heteroatoms. The van der Waals surface area contributed by atoms with E-state index in [1.54, 1.807) is 0 Å². The van der Waals surface area contributed by atoms with Gasteiger partial charge in [0, 0.05) is 5.69 Å². The summed E-state index contributed by atoms with van der Waals surface area (Å²) in [5.41, 5.74) is 1.90. The van der Waals surface area contributed by atoms with Crippen molar-refractivity contribution in [3.8, 4) is 0 Å². The van der Waals surface area contributed by atoms with E-state index in [2.05, 4.69) is 5.32 Å². The molecule has 0 radical (unpaired) electrons. The monoisotopic (exact) mass is 265 g/mol. The van der Waals surface area contributed by atoms with Gasteiger partial charge in [-0.1, -0.05) is 17.7 Å². The first kappa shape index (κ1) is 15.5. The van der Waals surface area contributed by atoms with Crippen molar-refractivity contribution in [2.75, 3.05) is 25.1 Å². The van der Waals surface area contributed by atoms with Crippen molar-refractivity contribution >= 4 is 11.7 Å². The number of hydrogen-bond donors (Lipinski definition) is 1. The lowest BCUT2D eigenvalue weighted by atomic mass is 10.2. The quantitative estimate of drug-likeness (QED) is 0.634. The van der Waals surface area contributed by atoms with Gasteiger partial charge in [-0.05, 0) is 39.8 Å². The molecule has 1 aromatic rings. The zero-order valence-corrected chi connectivity index (χ0v) is 12.2. The standard InChI is InChI=1S/C15H23NO3/c1-12-5-7-13(8-6-12)16-11-14(17)18-9-10-19-15(2,3)4/h5-8,16H,9-11H2,1-4H3. The van der Waals surface area contributed by atoms with Gasteiger partial charge in [0.05, 0.1) is 12.2 Å². The summed E-state index contributed by atoms with van der Waals surface area (Å²) in [6.07, 6.45) is 0. The molecule has 0 bridgehead atoms. The highest BCUT2D eigenvalue weighted by atomic mass is 16.6.